The maximum absolute atomic E-state index is 12.7. The van der Waals surface area contributed by atoms with Crippen molar-refractivity contribution in [3.05, 3.63) is 57.0 Å². The Bertz CT molecular complexity index is 933. The summed E-state index contributed by atoms with van der Waals surface area (Å²) >= 11 is 9.56. The number of aromatic amines is 1. The van der Waals surface area contributed by atoms with Gasteiger partial charge in [-0.2, -0.15) is 5.21 Å². The van der Waals surface area contributed by atoms with Crippen LogP contribution in [0.25, 0.3) is 11.4 Å². The summed E-state index contributed by atoms with van der Waals surface area (Å²) in [4.78, 5) is 12.7. The quantitative estimate of drug-likeness (QED) is 0.618. The average Bonchev–Trinajstić information content (AvgIpc) is 3.11. The topological polar surface area (TPSA) is 83.6 Å². The van der Waals surface area contributed by atoms with Gasteiger partial charge in [0.15, 0.2) is 0 Å². The fraction of sp³-hybridized carbons (Fsp3) is 0.222. The second-order valence-electron chi connectivity index (χ2n) is 6.83. The lowest BCUT2D eigenvalue weighted by atomic mass is 9.86. The first-order valence-corrected chi connectivity index (χ1v) is 9.07. The van der Waals surface area contributed by atoms with E-state index in [4.69, 9.17) is 11.6 Å². The van der Waals surface area contributed by atoms with E-state index in [1.807, 2.05) is 24.3 Å². The van der Waals surface area contributed by atoms with Gasteiger partial charge in [0.2, 0.25) is 5.82 Å². The minimum Gasteiger partial charge on any atom is -0.321 e. The Morgan fingerprint density at radius 3 is 2.46 bits per heavy atom. The molecule has 0 aliphatic heterocycles. The van der Waals surface area contributed by atoms with Crippen LogP contribution < -0.4 is 5.32 Å². The molecule has 0 atom stereocenters. The second kappa shape index (κ2) is 7.17. The first-order valence-electron chi connectivity index (χ1n) is 7.90. The molecule has 0 bridgehead atoms. The van der Waals surface area contributed by atoms with Crippen molar-refractivity contribution in [2.45, 2.75) is 26.2 Å². The predicted octanol–water partition coefficient (Wildman–Crippen LogP) is 4.83. The summed E-state index contributed by atoms with van der Waals surface area (Å²) in [7, 11) is 0. The Kier molecular flexibility index (Phi) is 5.11. The van der Waals surface area contributed by atoms with E-state index >= 15 is 0 Å². The van der Waals surface area contributed by atoms with E-state index in [9.17, 15) is 4.79 Å². The number of rotatable bonds is 3. The highest BCUT2D eigenvalue weighted by Crippen LogP contribution is 2.34. The van der Waals surface area contributed by atoms with Crippen molar-refractivity contribution in [2.24, 2.45) is 0 Å². The van der Waals surface area contributed by atoms with Crippen LogP contribution in [0, 0.1) is 0 Å². The summed E-state index contributed by atoms with van der Waals surface area (Å²) in [6.45, 7) is 6.38. The number of hydrogen-bond donors (Lipinski definition) is 2. The largest absolute Gasteiger partial charge is 0.321 e. The summed E-state index contributed by atoms with van der Waals surface area (Å²) in [6, 6.07) is 10.9. The standard InChI is InChI=1S/C18H17BrClN5O/c1-18(2,3)11-6-4-10(5-7-11)17(26)21-15-9-14(20)13(19)8-12(15)16-22-24-25-23-16/h4-9H,1-3H3,(H,21,26)(H,22,23,24,25). The molecule has 0 fully saturated rings. The van der Waals surface area contributed by atoms with Gasteiger partial charge in [0.1, 0.15) is 0 Å². The van der Waals surface area contributed by atoms with Gasteiger partial charge in [0.05, 0.1) is 10.7 Å². The number of aromatic nitrogens is 4. The molecule has 0 aliphatic rings. The highest BCUT2D eigenvalue weighted by molar-refractivity contribution is 9.10. The molecule has 0 saturated carbocycles. The lowest BCUT2D eigenvalue weighted by molar-refractivity contribution is 0.102. The van der Waals surface area contributed by atoms with Gasteiger partial charge in [-0.3, -0.25) is 4.79 Å². The molecule has 0 unspecified atom stereocenters. The van der Waals surface area contributed by atoms with Crippen LogP contribution >= 0.6 is 27.5 Å². The molecule has 2 aromatic carbocycles. The van der Waals surface area contributed by atoms with Crippen molar-refractivity contribution in [3.8, 4) is 11.4 Å². The van der Waals surface area contributed by atoms with E-state index in [-0.39, 0.29) is 11.3 Å². The number of H-pyrrole nitrogens is 1. The van der Waals surface area contributed by atoms with Crippen molar-refractivity contribution in [2.75, 3.05) is 5.32 Å². The van der Waals surface area contributed by atoms with E-state index in [2.05, 4.69) is 62.6 Å². The molecular formula is C18H17BrClN5O. The number of anilines is 1. The van der Waals surface area contributed by atoms with Crippen molar-refractivity contribution < 1.29 is 4.79 Å². The number of carbonyl (C=O) groups excluding carboxylic acids is 1. The van der Waals surface area contributed by atoms with Crippen molar-refractivity contribution >= 4 is 39.1 Å². The number of benzene rings is 2. The van der Waals surface area contributed by atoms with E-state index in [0.29, 0.717) is 32.1 Å². The van der Waals surface area contributed by atoms with Crippen LogP contribution in [0.1, 0.15) is 36.7 Å². The highest BCUT2D eigenvalue weighted by Gasteiger charge is 2.17. The number of nitrogens with zero attached hydrogens (tertiary/aromatic N) is 3. The number of hydrogen-bond acceptors (Lipinski definition) is 4. The number of carbonyl (C=O) groups is 1. The van der Waals surface area contributed by atoms with E-state index in [1.165, 1.54) is 0 Å². The number of amides is 1. The zero-order chi connectivity index (χ0) is 18.9. The molecule has 1 amide bonds. The van der Waals surface area contributed by atoms with Crippen LogP contribution in [0.3, 0.4) is 0 Å². The van der Waals surface area contributed by atoms with Crippen LogP contribution in [-0.4, -0.2) is 26.5 Å². The van der Waals surface area contributed by atoms with E-state index in [1.54, 1.807) is 12.1 Å². The fourth-order valence-electron chi connectivity index (χ4n) is 2.43. The van der Waals surface area contributed by atoms with E-state index in [0.717, 1.165) is 5.56 Å². The predicted molar refractivity (Wildman–Crippen MR) is 105 cm³/mol. The van der Waals surface area contributed by atoms with Crippen LogP contribution in [0.15, 0.2) is 40.9 Å². The van der Waals surface area contributed by atoms with Crippen molar-refractivity contribution in [3.63, 3.8) is 0 Å². The van der Waals surface area contributed by atoms with Crippen LogP contribution in [-0.2, 0) is 5.41 Å². The smallest absolute Gasteiger partial charge is 0.255 e. The third-order valence-corrected chi connectivity index (χ3v) is 5.11. The third kappa shape index (κ3) is 3.94. The minimum atomic E-state index is -0.242. The first-order chi connectivity index (χ1) is 12.3. The number of nitrogens with one attached hydrogen (secondary N) is 2. The first kappa shape index (κ1) is 18.5. The summed E-state index contributed by atoms with van der Waals surface area (Å²) in [5, 5.41) is 17.3. The summed E-state index contributed by atoms with van der Waals surface area (Å²) in [5.74, 6) is 0.120. The lowest BCUT2D eigenvalue weighted by Crippen LogP contribution is -2.15. The third-order valence-electron chi connectivity index (χ3n) is 3.91. The molecular weight excluding hydrogens is 418 g/mol. The molecule has 0 radical (unpaired) electrons. The Labute approximate surface area is 164 Å². The molecule has 1 aromatic heterocycles. The molecule has 6 nitrogen and oxygen atoms in total. The molecule has 3 rings (SSSR count). The molecule has 2 N–H and O–H groups in total. The van der Waals surface area contributed by atoms with Gasteiger partial charge in [0, 0.05) is 15.6 Å². The molecule has 0 saturated heterocycles. The van der Waals surface area contributed by atoms with Gasteiger partial charge in [-0.25, -0.2) is 0 Å². The molecule has 0 spiro atoms. The SMILES string of the molecule is CC(C)(C)c1ccc(C(=O)Nc2cc(Cl)c(Br)cc2-c2nn[nH]n2)cc1. The van der Waals surface area contributed by atoms with Gasteiger partial charge in [-0.15, -0.1) is 10.2 Å². The summed E-state index contributed by atoms with van der Waals surface area (Å²) < 4.78 is 0.673. The lowest BCUT2D eigenvalue weighted by Gasteiger charge is -2.19. The Balaban J connectivity index is 1.91. The maximum atomic E-state index is 12.7. The van der Waals surface area contributed by atoms with Gasteiger partial charge in [-0.05, 0) is 56.4 Å². The monoisotopic (exact) mass is 433 g/mol. The molecule has 3 aromatic rings. The summed E-state index contributed by atoms with van der Waals surface area (Å²) in [5.41, 5.74) is 2.85. The molecule has 8 heteroatoms. The molecule has 26 heavy (non-hydrogen) atoms. The zero-order valence-corrected chi connectivity index (χ0v) is 16.8. The molecule has 0 aliphatic carbocycles. The van der Waals surface area contributed by atoms with Crippen LogP contribution in [0.2, 0.25) is 5.02 Å². The Morgan fingerprint density at radius 2 is 1.88 bits per heavy atom. The highest BCUT2D eigenvalue weighted by atomic mass is 79.9. The van der Waals surface area contributed by atoms with Gasteiger partial charge in [0.25, 0.3) is 5.91 Å². The van der Waals surface area contributed by atoms with Crippen molar-refractivity contribution in [1.29, 1.82) is 0 Å². The maximum Gasteiger partial charge on any atom is 0.255 e. The second-order valence-corrected chi connectivity index (χ2v) is 8.09. The normalized spacial score (nSPS) is 11.4. The molecule has 134 valence electrons. The fourth-order valence-corrected chi connectivity index (χ4v) is 2.93. The number of tetrazole rings is 1. The van der Waals surface area contributed by atoms with Gasteiger partial charge < -0.3 is 5.32 Å². The van der Waals surface area contributed by atoms with Crippen LogP contribution in [0.4, 0.5) is 5.69 Å². The average molecular weight is 435 g/mol. The number of halogens is 2. The van der Waals surface area contributed by atoms with Gasteiger partial charge in [-0.1, -0.05) is 44.5 Å². The van der Waals surface area contributed by atoms with Crippen LogP contribution in [0.5, 0.6) is 0 Å². The van der Waals surface area contributed by atoms with E-state index < -0.39 is 0 Å². The zero-order valence-electron chi connectivity index (χ0n) is 14.5. The minimum absolute atomic E-state index is 0.0278. The van der Waals surface area contributed by atoms with Gasteiger partial charge >= 0.3 is 0 Å². The molecule has 1 heterocycles. The summed E-state index contributed by atoms with van der Waals surface area (Å²) in [6.07, 6.45) is 0. The Morgan fingerprint density at radius 1 is 1.19 bits per heavy atom. The van der Waals surface area contributed by atoms with Crippen molar-refractivity contribution in [1.82, 2.24) is 20.6 Å². The Hall–Kier alpha value is -2.25.